The van der Waals surface area contributed by atoms with Gasteiger partial charge in [-0.15, -0.1) is 11.3 Å². The average molecular weight is 362 g/mol. The lowest BCUT2D eigenvalue weighted by molar-refractivity contribution is 0.797. The first kappa shape index (κ1) is 14.4. The molecule has 0 saturated heterocycles. The number of anilines is 1. The van der Waals surface area contributed by atoms with Crippen LogP contribution in [0, 0.1) is 0 Å². The number of nitrogens with zero attached hydrogens (tertiary/aromatic N) is 2. The second-order valence-electron chi connectivity index (χ2n) is 4.94. The normalized spacial score (nSPS) is 12.3. The number of hydrogen-bond acceptors (Lipinski definition) is 3. The Morgan fingerprint density at radius 1 is 1.33 bits per heavy atom. The number of rotatable bonds is 5. The van der Waals surface area contributed by atoms with E-state index in [1.54, 1.807) is 17.5 Å². The Morgan fingerprint density at radius 3 is 2.95 bits per heavy atom. The minimum Gasteiger partial charge on any atom is -0.378 e. The highest BCUT2D eigenvalue weighted by atomic mass is 79.9. The van der Waals surface area contributed by atoms with Gasteiger partial charge in [-0.3, -0.25) is 0 Å². The minimum atomic E-state index is 0.296. The second kappa shape index (κ2) is 6.45. The molecule has 3 aromatic rings. The summed E-state index contributed by atoms with van der Waals surface area (Å²) in [5.41, 5.74) is 2.40. The summed E-state index contributed by atoms with van der Waals surface area (Å²) < 4.78 is 3.24. The Balaban J connectivity index is 1.71. The smallest absolute Gasteiger partial charge is 0.0949 e. The lowest BCUT2D eigenvalue weighted by Gasteiger charge is -2.14. The zero-order chi connectivity index (χ0) is 14.7. The largest absolute Gasteiger partial charge is 0.378 e. The molecule has 0 aliphatic heterocycles. The molecule has 0 radical (unpaired) electrons. The lowest BCUT2D eigenvalue weighted by Crippen LogP contribution is -2.05. The van der Waals surface area contributed by atoms with E-state index >= 15 is 0 Å². The number of benzene rings is 1. The van der Waals surface area contributed by atoms with Crippen LogP contribution in [0.1, 0.15) is 23.4 Å². The molecule has 1 atom stereocenters. The molecule has 0 amide bonds. The second-order valence-corrected chi connectivity index (χ2v) is 7.44. The topological polar surface area (TPSA) is 29.9 Å². The molecule has 1 N–H and O–H groups in total. The van der Waals surface area contributed by atoms with Crippen LogP contribution < -0.4 is 5.32 Å². The molecule has 0 aliphatic rings. The lowest BCUT2D eigenvalue weighted by atomic mass is 10.1. The molecule has 5 heteroatoms. The SMILES string of the molecule is CC(Nc1cccc(Cn2ccnc2)c1)c1ccc(Br)s1. The van der Waals surface area contributed by atoms with Gasteiger partial charge in [0.05, 0.1) is 16.2 Å². The summed E-state index contributed by atoms with van der Waals surface area (Å²) >= 11 is 5.28. The van der Waals surface area contributed by atoms with Gasteiger partial charge in [0.25, 0.3) is 0 Å². The van der Waals surface area contributed by atoms with Gasteiger partial charge in [0.15, 0.2) is 0 Å². The molecule has 0 aliphatic carbocycles. The standard InChI is InChI=1S/C16H16BrN3S/c1-12(15-5-6-16(17)21-15)19-14-4-2-3-13(9-14)10-20-8-7-18-11-20/h2-9,11-12,19H,10H2,1H3. The third kappa shape index (κ3) is 3.74. The summed E-state index contributed by atoms with van der Waals surface area (Å²) in [6.45, 7) is 3.02. The third-order valence-corrected chi connectivity index (χ3v) is 5.06. The molecular weight excluding hydrogens is 346 g/mol. The van der Waals surface area contributed by atoms with Crippen molar-refractivity contribution in [3.05, 3.63) is 69.3 Å². The predicted molar refractivity (Wildman–Crippen MR) is 91.8 cm³/mol. The van der Waals surface area contributed by atoms with Gasteiger partial charge in [0.1, 0.15) is 0 Å². The monoisotopic (exact) mass is 361 g/mol. The minimum absolute atomic E-state index is 0.296. The Hall–Kier alpha value is -1.59. The van der Waals surface area contributed by atoms with Crippen molar-refractivity contribution in [2.75, 3.05) is 5.32 Å². The van der Waals surface area contributed by atoms with E-state index in [0.29, 0.717) is 6.04 Å². The van der Waals surface area contributed by atoms with E-state index in [1.165, 1.54) is 14.2 Å². The Morgan fingerprint density at radius 2 is 2.24 bits per heavy atom. The van der Waals surface area contributed by atoms with Crippen LogP contribution in [0.5, 0.6) is 0 Å². The van der Waals surface area contributed by atoms with Gasteiger partial charge in [-0.1, -0.05) is 12.1 Å². The van der Waals surface area contributed by atoms with Crippen molar-refractivity contribution >= 4 is 33.0 Å². The maximum atomic E-state index is 4.08. The van der Waals surface area contributed by atoms with Crippen molar-refractivity contribution in [1.82, 2.24) is 9.55 Å². The summed E-state index contributed by atoms with van der Waals surface area (Å²) in [4.78, 5) is 5.40. The third-order valence-electron chi connectivity index (χ3n) is 3.26. The van der Waals surface area contributed by atoms with Crippen LogP contribution in [0.4, 0.5) is 5.69 Å². The van der Waals surface area contributed by atoms with Gasteiger partial charge >= 0.3 is 0 Å². The molecule has 0 spiro atoms. The van der Waals surface area contributed by atoms with Crippen LogP contribution in [0.15, 0.2) is 58.9 Å². The number of thiophene rings is 1. The summed E-state index contributed by atoms with van der Waals surface area (Å²) in [7, 11) is 0. The molecule has 21 heavy (non-hydrogen) atoms. The van der Waals surface area contributed by atoms with Crippen LogP contribution in [0.3, 0.4) is 0 Å². The number of hydrogen-bond donors (Lipinski definition) is 1. The molecule has 3 nitrogen and oxygen atoms in total. The Labute approximate surface area is 136 Å². The first-order chi connectivity index (χ1) is 10.2. The molecule has 0 saturated carbocycles. The van der Waals surface area contributed by atoms with Gasteiger partial charge in [0, 0.05) is 29.5 Å². The van der Waals surface area contributed by atoms with Crippen molar-refractivity contribution in [3.8, 4) is 0 Å². The van der Waals surface area contributed by atoms with Crippen molar-refractivity contribution in [2.24, 2.45) is 0 Å². The molecule has 3 rings (SSSR count). The summed E-state index contributed by atoms with van der Waals surface area (Å²) in [5.74, 6) is 0. The van der Waals surface area contributed by atoms with Crippen LogP contribution >= 0.6 is 27.3 Å². The fourth-order valence-corrected chi connectivity index (χ4v) is 3.66. The summed E-state index contributed by atoms with van der Waals surface area (Å²) in [6.07, 6.45) is 5.62. The van der Waals surface area contributed by atoms with E-state index in [0.717, 1.165) is 12.2 Å². The van der Waals surface area contributed by atoms with Gasteiger partial charge in [-0.2, -0.15) is 0 Å². The summed E-state index contributed by atoms with van der Waals surface area (Å²) in [5, 5.41) is 3.56. The molecular formula is C16H16BrN3S. The van der Waals surface area contributed by atoms with E-state index in [1.807, 2.05) is 12.5 Å². The van der Waals surface area contributed by atoms with E-state index in [9.17, 15) is 0 Å². The Kier molecular flexibility index (Phi) is 4.41. The van der Waals surface area contributed by atoms with E-state index in [2.05, 4.69) is 74.1 Å². The van der Waals surface area contributed by atoms with Crippen LogP contribution in [-0.2, 0) is 6.54 Å². The van der Waals surface area contributed by atoms with Crippen LogP contribution in [-0.4, -0.2) is 9.55 Å². The average Bonchev–Trinajstić information content (AvgIpc) is 3.11. The zero-order valence-electron chi connectivity index (χ0n) is 11.7. The molecule has 108 valence electrons. The maximum Gasteiger partial charge on any atom is 0.0949 e. The fourth-order valence-electron chi connectivity index (χ4n) is 2.23. The molecule has 1 aromatic carbocycles. The highest BCUT2D eigenvalue weighted by Gasteiger charge is 2.08. The van der Waals surface area contributed by atoms with Gasteiger partial charge in [-0.25, -0.2) is 4.98 Å². The number of halogens is 1. The van der Waals surface area contributed by atoms with E-state index < -0.39 is 0 Å². The molecule has 2 aromatic heterocycles. The van der Waals surface area contributed by atoms with Crippen molar-refractivity contribution in [2.45, 2.75) is 19.5 Å². The van der Waals surface area contributed by atoms with Crippen LogP contribution in [0.25, 0.3) is 0 Å². The van der Waals surface area contributed by atoms with Gasteiger partial charge in [-0.05, 0) is 52.7 Å². The van der Waals surface area contributed by atoms with Gasteiger partial charge in [0.2, 0.25) is 0 Å². The zero-order valence-corrected chi connectivity index (χ0v) is 14.1. The highest BCUT2D eigenvalue weighted by Crippen LogP contribution is 2.29. The molecule has 1 unspecified atom stereocenters. The number of aromatic nitrogens is 2. The predicted octanol–water partition coefficient (Wildman–Crippen LogP) is 4.93. The highest BCUT2D eigenvalue weighted by molar-refractivity contribution is 9.11. The van der Waals surface area contributed by atoms with Crippen LogP contribution in [0.2, 0.25) is 0 Å². The van der Waals surface area contributed by atoms with E-state index in [-0.39, 0.29) is 0 Å². The summed E-state index contributed by atoms with van der Waals surface area (Å²) in [6, 6.07) is 13.1. The molecule has 0 fully saturated rings. The maximum absolute atomic E-state index is 4.08. The first-order valence-corrected chi connectivity index (χ1v) is 8.38. The molecule has 0 bridgehead atoms. The fraction of sp³-hybridized carbons (Fsp3) is 0.188. The molecule has 2 heterocycles. The van der Waals surface area contributed by atoms with Crippen molar-refractivity contribution in [3.63, 3.8) is 0 Å². The number of nitrogens with one attached hydrogen (secondary N) is 1. The Bertz CT molecular complexity index is 706. The van der Waals surface area contributed by atoms with Gasteiger partial charge < -0.3 is 9.88 Å². The quantitative estimate of drug-likeness (QED) is 0.698. The van der Waals surface area contributed by atoms with E-state index in [4.69, 9.17) is 0 Å². The van der Waals surface area contributed by atoms with Crippen molar-refractivity contribution < 1.29 is 0 Å². The number of imidazole rings is 1. The first-order valence-electron chi connectivity index (χ1n) is 6.77. The van der Waals surface area contributed by atoms with Crippen molar-refractivity contribution in [1.29, 1.82) is 0 Å².